The van der Waals surface area contributed by atoms with Gasteiger partial charge in [0.2, 0.25) is 0 Å². The van der Waals surface area contributed by atoms with Crippen LogP contribution in [0.3, 0.4) is 0 Å². The number of nitrogens with zero attached hydrogens (tertiary/aromatic N) is 1. The van der Waals surface area contributed by atoms with Gasteiger partial charge in [0.15, 0.2) is 0 Å². The van der Waals surface area contributed by atoms with Gasteiger partial charge >= 0.3 is 5.97 Å². The minimum atomic E-state index is -0.330. The second-order valence-electron chi connectivity index (χ2n) is 5.28. The Bertz CT molecular complexity index is 630. The molecule has 1 unspecified atom stereocenters. The molecule has 0 radical (unpaired) electrons. The largest absolute Gasteiger partial charge is 0.468 e. The summed E-state index contributed by atoms with van der Waals surface area (Å²) >= 11 is 0. The highest BCUT2D eigenvalue weighted by Gasteiger charge is 2.30. The van der Waals surface area contributed by atoms with Crippen LogP contribution in [0.2, 0.25) is 0 Å². The van der Waals surface area contributed by atoms with Crippen molar-refractivity contribution in [2.24, 2.45) is 0 Å². The van der Waals surface area contributed by atoms with Crippen LogP contribution in [-0.2, 0) is 9.53 Å². The summed E-state index contributed by atoms with van der Waals surface area (Å²) in [5.41, 5.74) is 1.03. The quantitative estimate of drug-likeness (QED) is 0.875. The number of ether oxygens (including phenoxy) is 1. The maximum absolute atomic E-state index is 12.4. The van der Waals surface area contributed by atoms with Gasteiger partial charge in [-0.3, -0.25) is 4.90 Å². The number of esters is 1. The van der Waals surface area contributed by atoms with E-state index in [0.717, 1.165) is 42.5 Å². The molecule has 1 fully saturated rings. The summed E-state index contributed by atoms with van der Waals surface area (Å²) in [5, 5.41) is 5.59. The number of benzene rings is 2. The molecule has 4 nitrogen and oxygen atoms in total. The van der Waals surface area contributed by atoms with E-state index in [1.54, 1.807) is 0 Å². The van der Waals surface area contributed by atoms with Crippen LogP contribution in [0, 0.1) is 0 Å². The molecule has 1 atom stereocenters. The lowest BCUT2D eigenvalue weighted by molar-refractivity contribution is -0.147. The van der Waals surface area contributed by atoms with E-state index in [2.05, 4.69) is 28.4 Å². The van der Waals surface area contributed by atoms with Gasteiger partial charge in [-0.05, 0) is 16.3 Å². The van der Waals surface area contributed by atoms with Gasteiger partial charge in [0, 0.05) is 26.2 Å². The molecule has 0 spiro atoms. The average Bonchev–Trinajstić information content (AvgIpc) is 2.56. The van der Waals surface area contributed by atoms with Crippen LogP contribution in [0.4, 0.5) is 0 Å². The van der Waals surface area contributed by atoms with Gasteiger partial charge in [-0.1, -0.05) is 42.5 Å². The number of hydrogen-bond acceptors (Lipinski definition) is 4. The molecule has 2 aromatic carbocycles. The van der Waals surface area contributed by atoms with Crippen LogP contribution in [0.1, 0.15) is 11.6 Å². The van der Waals surface area contributed by atoms with Crippen molar-refractivity contribution in [3.05, 3.63) is 48.0 Å². The number of methoxy groups -OCH3 is 1. The van der Waals surface area contributed by atoms with E-state index in [1.165, 1.54) is 7.11 Å². The second-order valence-corrected chi connectivity index (χ2v) is 5.28. The molecule has 110 valence electrons. The summed E-state index contributed by atoms with van der Waals surface area (Å²) in [6.07, 6.45) is 0. The van der Waals surface area contributed by atoms with E-state index in [0.29, 0.717) is 0 Å². The van der Waals surface area contributed by atoms with E-state index in [-0.39, 0.29) is 12.0 Å². The summed E-state index contributed by atoms with van der Waals surface area (Å²) in [6, 6.07) is 14.0. The van der Waals surface area contributed by atoms with Gasteiger partial charge in [-0.2, -0.15) is 0 Å². The molecule has 3 rings (SSSR count). The van der Waals surface area contributed by atoms with Crippen LogP contribution >= 0.6 is 0 Å². The lowest BCUT2D eigenvalue weighted by atomic mass is 9.97. The predicted octanol–water partition coefficient (Wildman–Crippen LogP) is 1.96. The first kappa shape index (κ1) is 14.0. The number of hydrogen-bond donors (Lipinski definition) is 1. The molecule has 1 N–H and O–H groups in total. The zero-order valence-corrected chi connectivity index (χ0v) is 12.2. The molecule has 0 aliphatic carbocycles. The molecule has 0 aromatic heterocycles. The third-order valence-electron chi connectivity index (χ3n) is 4.06. The number of carbonyl (C=O) groups is 1. The van der Waals surface area contributed by atoms with Gasteiger partial charge in [0.05, 0.1) is 7.11 Å². The number of piperazine rings is 1. The topological polar surface area (TPSA) is 41.6 Å². The summed E-state index contributed by atoms with van der Waals surface area (Å²) in [7, 11) is 1.46. The Morgan fingerprint density at radius 2 is 1.86 bits per heavy atom. The highest BCUT2D eigenvalue weighted by Crippen LogP contribution is 2.29. The van der Waals surface area contributed by atoms with Crippen LogP contribution < -0.4 is 5.32 Å². The maximum atomic E-state index is 12.4. The van der Waals surface area contributed by atoms with Gasteiger partial charge in [0.25, 0.3) is 0 Å². The van der Waals surface area contributed by atoms with Gasteiger partial charge in [-0.25, -0.2) is 4.79 Å². The summed E-state index contributed by atoms with van der Waals surface area (Å²) in [4.78, 5) is 14.6. The van der Waals surface area contributed by atoms with Gasteiger partial charge < -0.3 is 10.1 Å². The van der Waals surface area contributed by atoms with Crippen LogP contribution in [-0.4, -0.2) is 44.2 Å². The Balaban J connectivity index is 2.07. The summed E-state index contributed by atoms with van der Waals surface area (Å²) in [6.45, 7) is 3.50. The average molecular weight is 284 g/mol. The maximum Gasteiger partial charge on any atom is 0.327 e. The van der Waals surface area contributed by atoms with Crippen molar-refractivity contribution in [2.45, 2.75) is 6.04 Å². The van der Waals surface area contributed by atoms with Crippen molar-refractivity contribution >= 4 is 16.7 Å². The molecular weight excluding hydrogens is 264 g/mol. The lowest BCUT2D eigenvalue weighted by Gasteiger charge is -2.33. The molecular formula is C17H20N2O2. The highest BCUT2D eigenvalue weighted by molar-refractivity contribution is 5.91. The number of carbonyl (C=O) groups excluding carboxylic acids is 1. The second kappa shape index (κ2) is 6.24. The van der Waals surface area contributed by atoms with Gasteiger partial charge in [0.1, 0.15) is 6.04 Å². The minimum absolute atomic E-state index is 0.187. The van der Waals surface area contributed by atoms with E-state index in [1.807, 2.05) is 24.3 Å². The van der Waals surface area contributed by atoms with E-state index in [9.17, 15) is 4.79 Å². The normalized spacial score (nSPS) is 17.6. The number of nitrogens with one attached hydrogen (secondary N) is 1. The molecule has 0 amide bonds. The van der Waals surface area contributed by atoms with Crippen LogP contribution in [0.25, 0.3) is 10.8 Å². The first-order valence-electron chi connectivity index (χ1n) is 7.31. The van der Waals surface area contributed by atoms with Crippen LogP contribution in [0.15, 0.2) is 42.5 Å². The number of rotatable bonds is 3. The Kier molecular flexibility index (Phi) is 4.18. The molecule has 1 saturated heterocycles. The smallest absolute Gasteiger partial charge is 0.327 e. The van der Waals surface area contributed by atoms with Crippen molar-refractivity contribution in [1.29, 1.82) is 0 Å². The predicted molar refractivity (Wildman–Crippen MR) is 83.1 cm³/mol. The fourth-order valence-electron chi connectivity index (χ4n) is 3.01. The van der Waals surface area contributed by atoms with Crippen molar-refractivity contribution in [3.8, 4) is 0 Å². The Labute approximate surface area is 124 Å². The molecule has 2 aromatic rings. The standard InChI is InChI=1S/C17H20N2O2/c1-21-17(20)16(19-11-9-18-10-12-19)15-8-4-6-13-5-2-3-7-14(13)15/h2-8,16,18H,9-12H2,1H3. The SMILES string of the molecule is COC(=O)C(c1cccc2ccccc12)N1CCNCC1. The van der Waals surface area contributed by atoms with E-state index >= 15 is 0 Å². The van der Waals surface area contributed by atoms with Crippen LogP contribution in [0.5, 0.6) is 0 Å². The first-order chi connectivity index (χ1) is 10.3. The summed E-state index contributed by atoms with van der Waals surface area (Å²) < 4.78 is 5.07. The summed E-state index contributed by atoms with van der Waals surface area (Å²) in [5.74, 6) is -0.187. The zero-order valence-electron chi connectivity index (χ0n) is 12.2. The Morgan fingerprint density at radius 3 is 2.62 bits per heavy atom. The fourth-order valence-corrected chi connectivity index (χ4v) is 3.01. The Morgan fingerprint density at radius 1 is 1.14 bits per heavy atom. The molecule has 0 bridgehead atoms. The molecule has 21 heavy (non-hydrogen) atoms. The van der Waals surface area contributed by atoms with Crippen molar-refractivity contribution in [3.63, 3.8) is 0 Å². The van der Waals surface area contributed by atoms with E-state index < -0.39 is 0 Å². The molecule has 1 aliphatic heterocycles. The number of fused-ring (bicyclic) bond motifs is 1. The third kappa shape index (κ3) is 2.77. The van der Waals surface area contributed by atoms with Crippen molar-refractivity contribution in [2.75, 3.05) is 33.3 Å². The monoisotopic (exact) mass is 284 g/mol. The van der Waals surface area contributed by atoms with E-state index in [4.69, 9.17) is 4.74 Å². The first-order valence-corrected chi connectivity index (χ1v) is 7.31. The molecule has 1 heterocycles. The van der Waals surface area contributed by atoms with Gasteiger partial charge in [-0.15, -0.1) is 0 Å². The van der Waals surface area contributed by atoms with Crippen molar-refractivity contribution in [1.82, 2.24) is 10.2 Å². The lowest BCUT2D eigenvalue weighted by Crippen LogP contribution is -2.47. The Hall–Kier alpha value is -1.91. The highest BCUT2D eigenvalue weighted by atomic mass is 16.5. The fraction of sp³-hybridized carbons (Fsp3) is 0.353. The molecule has 4 heteroatoms. The minimum Gasteiger partial charge on any atom is -0.468 e. The zero-order chi connectivity index (χ0) is 14.7. The third-order valence-corrected chi connectivity index (χ3v) is 4.06. The van der Waals surface area contributed by atoms with Crippen molar-refractivity contribution < 1.29 is 9.53 Å². The molecule has 0 saturated carbocycles. The molecule has 1 aliphatic rings.